The Morgan fingerprint density at radius 3 is 2.55 bits per heavy atom. The van der Waals surface area contributed by atoms with Crippen LogP contribution in [0.15, 0.2) is 23.0 Å². The van der Waals surface area contributed by atoms with Crippen LogP contribution in [0.4, 0.5) is 15.8 Å². The van der Waals surface area contributed by atoms with Gasteiger partial charge in [-0.15, -0.1) is 0 Å². The number of hydroxylamine groups is 1. The van der Waals surface area contributed by atoms with Crippen LogP contribution in [-0.2, 0) is 17.8 Å². The zero-order valence-corrected chi connectivity index (χ0v) is 18.3. The zero-order valence-electron chi connectivity index (χ0n) is 18.3. The number of aromatic nitrogens is 1. The maximum atomic E-state index is 14.4. The molecule has 0 fully saturated rings. The molecule has 8 nitrogen and oxygen atoms in total. The highest BCUT2D eigenvalue weighted by Gasteiger charge is 2.28. The van der Waals surface area contributed by atoms with Gasteiger partial charge in [0.15, 0.2) is 0 Å². The number of nitrogens with zero attached hydrogens (tertiary/aromatic N) is 1. The van der Waals surface area contributed by atoms with E-state index in [4.69, 9.17) is 15.1 Å². The number of hydrogen-bond acceptors (Lipinski definition) is 6. The molecule has 1 aromatic carbocycles. The van der Waals surface area contributed by atoms with E-state index >= 15 is 0 Å². The molecule has 0 saturated heterocycles. The Bertz CT molecular complexity index is 986. The maximum absolute atomic E-state index is 14.4. The topological polar surface area (TPSA) is 113 Å². The second-order valence-corrected chi connectivity index (χ2v) is 7.03. The second kappa shape index (κ2) is 11.0. The fraction of sp³-hybridized carbons (Fsp3) is 0.455. The summed E-state index contributed by atoms with van der Waals surface area (Å²) < 4.78 is 15.9. The van der Waals surface area contributed by atoms with Crippen LogP contribution in [0.5, 0.6) is 0 Å². The first-order valence-corrected chi connectivity index (χ1v) is 10.3. The van der Waals surface area contributed by atoms with Crippen LogP contribution < -0.4 is 16.4 Å². The van der Waals surface area contributed by atoms with Crippen molar-refractivity contribution in [2.75, 3.05) is 18.5 Å². The zero-order chi connectivity index (χ0) is 23.1. The van der Waals surface area contributed by atoms with Gasteiger partial charge in [-0.05, 0) is 44.4 Å². The molecule has 0 saturated carbocycles. The lowest BCUT2D eigenvalue weighted by molar-refractivity contribution is -0.0619. The minimum atomic E-state index is -0.981. The number of amides is 1. The van der Waals surface area contributed by atoms with Crippen molar-refractivity contribution in [3.63, 3.8) is 0 Å². The number of carbonyl (C=O) groups is 1. The van der Waals surface area contributed by atoms with E-state index in [1.54, 1.807) is 26.0 Å². The molecule has 0 spiro atoms. The van der Waals surface area contributed by atoms with Crippen LogP contribution in [0, 0.1) is 19.7 Å². The first kappa shape index (κ1) is 24.5. The smallest absolute Gasteiger partial charge is 0.278 e. The molecule has 1 aromatic heterocycles. The minimum absolute atomic E-state index is 0.139. The quantitative estimate of drug-likeness (QED) is 0.497. The van der Waals surface area contributed by atoms with Gasteiger partial charge in [-0.1, -0.05) is 19.9 Å². The summed E-state index contributed by atoms with van der Waals surface area (Å²) in [6, 6.07) is 4.62. The van der Waals surface area contributed by atoms with Gasteiger partial charge in [0.2, 0.25) is 0 Å². The van der Waals surface area contributed by atoms with E-state index in [1.807, 2.05) is 13.8 Å². The number of halogens is 1. The molecule has 0 unspecified atom stereocenters. The second-order valence-electron chi connectivity index (χ2n) is 7.03. The lowest BCUT2D eigenvalue weighted by Gasteiger charge is -2.20. The summed E-state index contributed by atoms with van der Waals surface area (Å²) in [5.74, 6) is -1.16. The summed E-state index contributed by atoms with van der Waals surface area (Å²) in [7, 11) is 0. The summed E-state index contributed by atoms with van der Waals surface area (Å²) in [6.45, 7) is 6.86. The van der Waals surface area contributed by atoms with Crippen LogP contribution in [0.2, 0.25) is 0 Å². The molecule has 4 N–H and O–H groups in total. The summed E-state index contributed by atoms with van der Waals surface area (Å²) in [5.41, 5.74) is 4.04. The van der Waals surface area contributed by atoms with Gasteiger partial charge in [-0.25, -0.2) is 9.87 Å². The predicted molar refractivity (Wildman–Crippen MR) is 116 cm³/mol. The van der Waals surface area contributed by atoms with Crippen LogP contribution in [0.25, 0.3) is 0 Å². The highest BCUT2D eigenvalue weighted by atomic mass is 19.1. The molecule has 0 radical (unpaired) electrons. The van der Waals surface area contributed by atoms with Crippen molar-refractivity contribution in [1.82, 2.24) is 10.0 Å². The van der Waals surface area contributed by atoms with Crippen molar-refractivity contribution in [2.24, 2.45) is 0 Å². The van der Waals surface area contributed by atoms with Gasteiger partial charge in [-0.3, -0.25) is 14.4 Å². The van der Waals surface area contributed by atoms with Crippen LogP contribution in [-0.4, -0.2) is 40.0 Å². The lowest BCUT2D eigenvalue weighted by Crippen LogP contribution is -2.36. The average molecular weight is 435 g/mol. The fourth-order valence-electron chi connectivity index (χ4n) is 3.38. The van der Waals surface area contributed by atoms with E-state index in [0.29, 0.717) is 25.1 Å². The maximum Gasteiger partial charge on any atom is 0.278 e. The number of rotatable bonds is 7. The third kappa shape index (κ3) is 5.30. The lowest BCUT2D eigenvalue weighted by atomic mass is 10.0. The number of aliphatic hydroxyl groups excluding tert-OH is 2. The molecule has 2 heterocycles. The standard InChI is InChI=1S/C20H24FN3O5.C2H6/c1-11-5-6-15(14(21)8-11)22-18-12(2)20(28)24-7-3-4-16(24)17(18)19(27)23-29-13(9-25)10-26;1-2/h5-6,8,13,22,25-26H,3-4,7,9-10H2,1-2H3,(H,23,27);1-2H3. The molecule has 9 heteroatoms. The van der Waals surface area contributed by atoms with E-state index < -0.39 is 31.0 Å². The van der Waals surface area contributed by atoms with Crippen molar-refractivity contribution in [3.05, 3.63) is 56.8 Å². The summed E-state index contributed by atoms with van der Waals surface area (Å²) >= 11 is 0. The first-order valence-electron chi connectivity index (χ1n) is 10.3. The Kier molecular flexibility index (Phi) is 8.73. The Labute approximate surface area is 180 Å². The van der Waals surface area contributed by atoms with Crippen molar-refractivity contribution in [2.45, 2.75) is 53.2 Å². The molecule has 1 aliphatic rings. The minimum Gasteiger partial charge on any atom is -0.393 e. The van der Waals surface area contributed by atoms with Crippen molar-refractivity contribution < 1.29 is 24.2 Å². The number of pyridine rings is 1. The third-order valence-corrected chi connectivity index (χ3v) is 4.94. The molecule has 2 aromatic rings. The average Bonchev–Trinajstić information content (AvgIpc) is 3.25. The van der Waals surface area contributed by atoms with Gasteiger partial charge < -0.3 is 20.1 Å². The number of aliphatic hydroxyl groups is 2. The van der Waals surface area contributed by atoms with Gasteiger partial charge in [-0.2, -0.15) is 0 Å². The normalized spacial score (nSPS) is 12.3. The largest absolute Gasteiger partial charge is 0.393 e. The van der Waals surface area contributed by atoms with Gasteiger partial charge in [0.25, 0.3) is 11.5 Å². The first-order chi connectivity index (χ1) is 14.9. The molecular weight excluding hydrogens is 405 g/mol. The summed E-state index contributed by atoms with van der Waals surface area (Å²) in [5, 5.41) is 21.1. The number of fused-ring (bicyclic) bond motifs is 1. The molecule has 31 heavy (non-hydrogen) atoms. The Morgan fingerprint density at radius 1 is 1.26 bits per heavy atom. The summed E-state index contributed by atoms with van der Waals surface area (Å²) in [4.78, 5) is 30.7. The fourth-order valence-corrected chi connectivity index (χ4v) is 3.38. The van der Waals surface area contributed by atoms with E-state index in [9.17, 15) is 14.0 Å². The number of anilines is 2. The molecule has 0 bridgehead atoms. The SMILES string of the molecule is CC.Cc1ccc(Nc2c(C(=O)NOC(CO)CO)c3n(c(=O)c2C)CCC3)c(F)c1. The molecule has 170 valence electrons. The molecule has 3 rings (SSSR count). The van der Waals surface area contributed by atoms with Crippen molar-refractivity contribution in [3.8, 4) is 0 Å². The van der Waals surface area contributed by atoms with E-state index in [-0.39, 0.29) is 28.1 Å². The van der Waals surface area contributed by atoms with Gasteiger partial charge in [0, 0.05) is 17.8 Å². The van der Waals surface area contributed by atoms with Crippen LogP contribution >= 0.6 is 0 Å². The van der Waals surface area contributed by atoms with Crippen LogP contribution in [0.3, 0.4) is 0 Å². The molecule has 0 aliphatic carbocycles. The molecular formula is C22H30FN3O5. The monoisotopic (exact) mass is 435 g/mol. The highest BCUT2D eigenvalue weighted by molar-refractivity contribution is 6.01. The Hall–Kier alpha value is -2.75. The van der Waals surface area contributed by atoms with E-state index in [2.05, 4.69) is 10.8 Å². The van der Waals surface area contributed by atoms with E-state index in [1.165, 1.54) is 10.6 Å². The Morgan fingerprint density at radius 2 is 1.94 bits per heavy atom. The molecule has 1 amide bonds. The van der Waals surface area contributed by atoms with Gasteiger partial charge in [0.1, 0.15) is 11.9 Å². The number of hydrogen-bond donors (Lipinski definition) is 4. The van der Waals surface area contributed by atoms with Crippen molar-refractivity contribution in [1.29, 1.82) is 0 Å². The number of nitrogens with one attached hydrogen (secondary N) is 2. The summed E-state index contributed by atoms with van der Waals surface area (Å²) in [6.07, 6.45) is 0.228. The predicted octanol–water partition coefficient (Wildman–Crippen LogP) is 2.33. The number of benzene rings is 1. The number of carbonyl (C=O) groups excluding carboxylic acids is 1. The van der Waals surface area contributed by atoms with Crippen LogP contribution in [0.1, 0.15) is 47.4 Å². The van der Waals surface area contributed by atoms with Crippen molar-refractivity contribution >= 4 is 17.3 Å². The third-order valence-electron chi connectivity index (χ3n) is 4.94. The van der Waals surface area contributed by atoms with Gasteiger partial charge >= 0.3 is 0 Å². The molecule has 0 atom stereocenters. The Balaban J connectivity index is 0.00000166. The highest BCUT2D eigenvalue weighted by Crippen LogP contribution is 2.30. The van der Waals surface area contributed by atoms with Gasteiger partial charge in [0.05, 0.1) is 30.2 Å². The van der Waals surface area contributed by atoms with E-state index in [0.717, 1.165) is 5.56 Å². The number of aryl methyl sites for hydroxylation is 1. The molecule has 1 aliphatic heterocycles.